The second-order valence-corrected chi connectivity index (χ2v) is 2.42. The maximum absolute atomic E-state index is 12.8. The Bertz CT molecular complexity index is 366. The van der Waals surface area contributed by atoms with E-state index in [9.17, 15) is 9.18 Å². The van der Waals surface area contributed by atoms with Gasteiger partial charge < -0.3 is 5.11 Å². The number of hydrogen-bond donors (Lipinski definition) is 1. The highest BCUT2D eigenvalue weighted by molar-refractivity contribution is 4.94. The molecule has 0 aromatic carbocycles. The number of aliphatic hydroxyl groups excluding tert-OH is 1. The van der Waals surface area contributed by atoms with Crippen LogP contribution in [0.5, 0.6) is 0 Å². The SMILES string of the molecule is Cc1noc(=O)n1C/C(F)=C/CO. The molecule has 1 N–H and O–H groups in total. The van der Waals surface area contributed by atoms with Crippen molar-refractivity contribution in [1.29, 1.82) is 0 Å². The summed E-state index contributed by atoms with van der Waals surface area (Å²) in [6, 6.07) is 0. The Kier molecular flexibility index (Phi) is 2.97. The maximum Gasteiger partial charge on any atom is 0.441 e. The van der Waals surface area contributed by atoms with Gasteiger partial charge >= 0.3 is 5.76 Å². The molecule has 1 aromatic heterocycles. The second-order valence-electron chi connectivity index (χ2n) is 2.42. The molecular weight excluding hydrogens is 179 g/mol. The lowest BCUT2D eigenvalue weighted by molar-refractivity contribution is 0.336. The number of nitrogens with zero attached hydrogens (tertiary/aromatic N) is 2. The summed E-state index contributed by atoms with van der Waals surface area (Å²) in [7, 11) is 0. The fourth-order valence-electron chi connectivity index (χ4n) is 0.829. The van der Waals surface area contributed by atoms with Crippen LogP contribution in [0.4, 0.5) is 4.39 Å². The lowest BCUT2D eigenvalue weighted by atomic mass is 10.4. The lowest BCUT2D eigenvalue weighted by Gasteiger charge is -1.97. The van der Waals surface area contributed by atoms with Gasteiger partial charge in [0.15, 0.2) is 5.82 Å². The molecule has 0 amide bonds. The Hall–Kier alpha value is -1.43. The van der Waals surface area contributed by atoms with E-state index in [1.165, 1.54) is 6.92 Å². The average molecular weight is 188 g/mol. The molecule has 0 saturated carbocycles. The molecule has 0 aliphatic rings. The fourth-order valence-corrected chi connectivity index (χ4v) is 0.829. The quantitative estimate of drug-likeness (QED) is 0.724. The van der Waals surface area contributed by atoms with Crippen molar-refractivity contribution >= 4 is 0 Å². The number of allylic oxidation sites excluding steroid dienone is 1. The molecule has 13 heavy (non-hydrogen) atoms. The van der Waals surface area contributed by atoms with Crippen LogP contribution in [0.15, 0.2) is 21.2 Å². The van der Waals surface area contributed by atoms with Crippen LogP contribution >= 0.6 is 0 Å². The van der Waals surface area contributed by atoms with E-state index in [-0.39, 0.29) is 6.54 Å². The van der Waals surface area contributed by atoms with E-state index in [2.05, 4.69) is 9.68 Å². The van der Waals surface area contributed by atoms with Crippen molar-refractivity contribution in [1.82, 2.24) is 9.72 Å². The first-order chi connectivity index (χ1) is 6.15. The predicted molar refractivity (Wildman–Crippen MR) is 41.8 cm³/mol. The summed E-state index contributed by atoms with van der Waals surface area (Å²) in [6.07, 6.45) is 0.971. The van der Waals surface area contributed by atoms with Crippen molar-refractivity contribution in [2.45, 2.75) is 13.5 Å². The van der Waals surface area contributed by atoms with Gasteiger partial charge in [-0.15, -0.1) is 0 Å². The number of aryl methyl sites for hydroxylation is 1. The summed E-state index contributed by atoms with van der Waals surface area (Å²) >= 11 is 0. The third kappa shape index (κ3) is 2.25. The molecule has 1 rings (SSSR count). The zero-order valence-electron chi connectivity index (χ0n) is 7.03. The number of hydrogen-bond acceptors (Lipinski definition) is 4. The Balaban J connectivity index is 2.85. The molecule has 0 aliphatic carbocycles. The highest BCUT2D eigenvalue weighted by atomic mass is 19.1. The van der Waals surface area contributed by atoms with Crippen molar-refractivity contribution in [2.75, 3.05) is 6.61 Å². The van der Waals surface area contributed by atoms with Crippen molar-refractivity contribution in [3.63, 3.8) is 0 Å². The van der Waals surface area contributed by atoms with E-state index in [4.69, 9.17) is 5.11 Å². The minimum Gasteiger partial charge on any atom is -0.392 e. The van der Waals surface area contributed by atoms with E-state index >= 15 is 0 Å². The molecule has 0 spiro atoms. The lowest BCUT2D eigenvalue weighted by Crippen LogP contribution is -2.16. The molecule has 5 nitrogen and oxygen atoms in total. The van der Waals surface area contributed by atoms with Crippen LogP contribution in [0.25, 0.3) is 0 Å². The number of rotatable bonds is 3. The van der Waals surface area contributed by atoms with Gasteiger partial charge in [0.2, 0.25) is 0 Å². The van der Waals surface area contributed by atoms with E-state index < -0.39 is 18.2 Å². The Labute approximate surface area is 73.1 Å². The van der Waals surface area contributed by atoms with Crippen LogP contribution in [0, 0.1) is 6.92 Å². The van der Waals surface area contributed by atoms with Gasteiger partial charge in [0.25, 0.3) is 0 Å². The monoisotopic (exact) mass is 188 g/mol. The molecule has 6 heteroatoms. The van der Waals surface area contributed by atoms with Crippen LogP contribution in [0.1, 0.15) is 5.82 Å². The summed E-state index contributed by atoms with van der Waals surface area (Å²) in [5.74, 6) is -1.01. The Morgan fingerprint density at radius 3 is 3.00 bits per heavy atom. The van der Waals surface area contributed by atoms with Crippen molar-refractivity contribution in [2.24, 2.45) is 0 Å². The minimum absolute atomic E-state index is 0.255. The molecule has 0 aliphatic heterocycles. The van der Waals surface area contributed by atoms with Gasteiger partial charge in [-0.25, -0.2) is 9.18 Å². The van der Waals surface area contributed by atoms with Gasteiger partial charge in [0.1, 0.15) is 5.83 Å². The van der Waals surface area contributed by atoms with Crippen LogP contribution < -0.4 is 5.76 Å². The van der Waals surface area contributed by atoms with Crippen molar-refractivity contribution < 1.29 is 14.0 Å². The Morgan fingerprint density at radius 2 is 2.54 bits per heavy atom. The molecule has 1 heterocycles. The molecular formula is C7H9FN2O3. The largest absolute Gasteiger partial charge is 0.441 e. The van der Waals surface area contributed by atoms with Crippen LogP contribution in [-0.2, 0) is 6.54 Å². The molecule has 72 valence electrons. The third-order valence-electron chi connectivity index (χ3n) is 1.49. The Morgan fingerprint density at radius 1 is 1.85 bits per heavy atom. The highest BCUT2D eigenvalue weighted by Crippen LogP contribution is 2.00. The van der Waals surface area contributed by atoms with E-state index in [0.717, 1.165) is 10.6 Å². The zero-order valence-corrected chi connectivity index (χ0v) is 7.03. The molecule has 0 bridgehead atoms. The molecule has 0 unspecified atom stereocenters. The topological polar surface area (TPSA) is 68.3 Å². The van der Waals surface area contributed by atoms with Gasteiger partial charge in [0.05, 0.1) is 13.2 Å². The number of halogens is 1. The van der Waals surface area contributed by atoms with E-state index in [0.29, 0.717) is 5.82 Å². The number of aromatic nitrogens is 2. The standard InChI is InChI=1S/C7H9FN2O3/c1-5-9-13-7(12)10(5)4-6(8)2-3-11/h2,11H,3-4H2,1H3/b6-2-. The van der Waals surface area contributed by atoms with Gasteiger partial charge in [-0.2, -0.15) is 0 Å². The van der Waals surface area contributed by atoms with Gasteiger partial charge in [-0.05, 0) is 13.0 Å². The highest BCUT2D eigenvalue weighted by Gasteiger charge is 2.07. The van der Waals surface area contributed by atoms with Crippen LogP contribution in [0.3, 0.4) is 0 Å². The van der Waals surface area contributed by atoms with Crippen molar-refractivity contribution in [3.05, 3.63) is 28.3 Å². The number of aliphatic hydroxyl groups is 1. The molecule has 1 aromatic rings. The van der Waals surface area contributed by atoms with Crippen LogP contribution in [-0.4, -0.2) is 21.4 Å². The summed E-state index contributed by atoms with van der Waals surface area (Å²) < 4.78 is 18.1. The predicted octanol–water partition coefficient (Wildman–Crippen LogP) is -0.00958. The normalized spacial score (nSPS) is 12.1. The first kappa shape index (κ1) is 9.66. The van der Waals surface area contributed by atoms with Gasteiger partial charge in [0, 0.05) is 0 Å². The van der Waals surface area contributed by atoms with Gasteiger partial charge in [-0.1, -0.05) is 5.16 Å². The molecule has 0 fully saturated rings. The average Bonchev–Trinajstić information content (AvgIpc) is 2.36. The first-order valence-corrected chi connectivity index (χ1v) is 3.63. The molecule has 0 radical (unpaired) electrons. The molecule has 0 saturated heterocycles. The third-order valence-corrected chi connectivity index (χ3v) is 1.49. The van der Waals surface area contributed by atoms with Crippen LogP contribution in [0.2, 0.25) is 0 Å². The summed E-state index contributed by atoms with van der Waals surface area (Å²) in [6.45, 7) is 0.872. The molecule has 0 atom stereocenters. The van der Waals surface area contributed by atoms with Gasteiger partial charge in [-0.3, -0.25) is 9.09 Å². The zero-order chi connectivity index (χ0) is 9.84. The smallest absolute Gasteiger partial charge is 0.392 e. The van der Waals surface area contributed by atoms with Crippen molar-refractivity contribution in [3.8, 4) is 0 Å². The maximum atomic E-state index is 12.8. The second kappa shape index (κ2) is 3.99. The fraction of sp³-hybridized carbons (Fsp3) is 0.429. The summed E-state index contributed by atoms with van der Waals surface area (Å²) in [4.78, 5) is 10.9. The van der Waals surface area contributed by atoms with E-state index in [1.54, 1.807) is 0 Å². The minimum atomic E-state index is -0.709. The van der Waals surface area contributed by atoms with E-state index in [1.807, 2.05) is 0 Å². The first-order valence-electron chi connectivity index (χ1n) is 3.63. The summed E-state index contributed by atoms with van der Waals surface area (Å²) in [5.41, 5.74) is 0. The summed E-state index contributed by atoms with van der Waals surface area (Å²) in [5, 5.41) is 11.7.